The van der Waals surface area contributed by atoms with Crippen molar-refractivity contribution >= 4 is 17.3 Å². The molecular weight excluding hydrogens is 372 g/mol. The zero-order chi connectivity index (χ0) is 21.2. The number of hydrogen-bond donors (Lipinski definition) is 0. The Balaban J connectivity index is 1.74. The predicted molar refractivity (Wildman–Crippen MR) is 111 cm³/mol. The lowest BCUT2D eigenvalue weighted by molar-refractivity contribution is -0.124. The Morgan fingerprint density at radius 2 is 1.93 bits per heavy atom. The molecule has 1 amide bonds. The van der Waals surface area contributed by atoms with Crippen LogP contribution in [0.1, 0.15) is 45.0 Å². The van der Waals surface area contributed by atoms with Gasteiger partial charge in [-0.25, -0.2) is 8.78 Å². The second kappa shape index (κ2) is 8.23. The lowest BCUT2D eigenvalue weighted by atomic mass is 9.82. The van der Waals surface area contributed by atoms with E-state index in [4.69, 9.17) is 0 Å². The van der Waals surface area contributed by atoms with Crippen LogP contribution >= 0.6 is 0 Å². The van der Waals surface area contributed by atoms with E-state index in [1.54, 1.807) is 6.20 Å². The molecule has 0 saturated carbocycles. The van der Waals surface area contributed by atoms with Gasteiger partial charge in [0, 0.05) is 30.2 Å². The van der Waals surface area contributed by atoms with Gasteiger partial charge in [0.25, 0.3) is 0 Å². The van der Waals surface area contributed by atoms with Crippen LogP contribution in [-0.2, 0) is 4.79 Å². The topological polar surface area (TPSA) is 45.6 Å². The smallest absolute Gasteiger partial charge is 0.233 e. The Labute approximate surface area is 170 Å². The molecule has 4 nitrogen and oxygen atoms in total. The van der Waals surface area contributed by atoms with Crippen molar-refractivity contribution in [2.75, 3.05) is 11.4 Å². The molecular formula is C23H25F2N3O. The summed E-state index contributed by atoms with van der Waals surface area (Å²) in [5, 5.41) is 0. The lowest BCUT2D eigenvalue weighted by Crippen LogP contribution is -2.33. The van der Waals surface area contributed by atoms with Gasteiger partial charge in [0.05, 0.1) is 16.8 Å². The third kappa shape index (κ3) is 4.75. The van der Waals surface area contributed by atoms with Gasteiger partial charge in [-0.15, -0.1) is 0 Å². The van der Waals surface area contributed by atoms with Gasteiger partial charge in [-0.1, -0.05) is 18.6 Å². The monoisotopic (exact) mass is 397 g/mol. The van der Waals surface area contributed by atoms with Crippen molar-refractivity contribution in [3.63, 3.8) is 0 Å². The van der Waals surface area contributed by atoms with Crippen molar-refractivity contribution in [3.05, 3.63) is 71.2 Å². The number of amides is 1. The number of pyridine rings is 1. The van der Waals surface area contributed by atoms with Gasteiger partial charge < -0.3 is 4.90 Å². The number of allylic oxidation sites excluding steroid dienone is 1. The first kappa shape index (κ1) is 20.8. The van der Waals surface area contributed by atoms with Gasteiger partial charge in [0.2, 0.25) is 5.91 Å². The minimum Gasteiger partial charge on any atom is -0.312 e. The first-order valence-electron chi connectivity index (χ1n) is 9.60. The van der Waals surface area contributed by atoms with E-state index in [2.05, 4.69) is 9.98 Å². The normalized spacial score (nSPS) is 20.5. The molecule has 1 fully saturated rings. The summed E-state index contributed by atoms with van der Waals surface area (Å²) in [6, 6.07) is 8.97. The molecule has 0 aliphatic carbocycles. The van der Waals surface area contributed by atoms with Gasteiger partial charge in [0.15, 0.2) is 0 Å². The van der Waals surface area contributed by atoms with Crippen molar-refractivity contribution in [2.45, 2.75) is 40.5 Å². The Kier molecular flexibility index (Phi) is 5.91. The van der Waals surface area contributed by atoms with Gasteiger partial charge in [-0.05, 0) is 57.9 Å². The van der Waals surface area contributed by atoms with Crippen LogP contribution in [-0.4, -0.2) is 23.1 Å². The number of benzene rings is 1. The molecule has 0 radical (unpaired) electrons. The molecule has 1 aliphatic rings. The number of halogens is 2. The SMILES string of the molecule is CC(=N/C=C(/C)CC1(C)CCN(c2cc(F)cc(F)c2)C1=O)c1cccc(C)n1. The number of rotatable bonds is 5. The van der Waals surface area contributed by atoms with Crippen LogP contribution in [0.25, 0.3) is 0 Å². The van der Waals surface area contributed by atoms with Crippen LogP contribution in [0.3, 0.4) is 0 Å². The molecule has 1 unspecified atom stereocenters. The maximum Gasteiger partial charge on any atom is 0.233 e. The molecule has 1 atom stereocenters. The number of carbonyl (C=O) groups is 1. The molecule has 1 aromatic heterocycles. The molecule has 3 rings (SSSR count). The summed E-state index contributed by atoms with van der Waals surface area (Å²) < 4.78 is 27.1. The highest BCUT2D eigenvalue weighted by Crippen LogP contribution is 2.39. The Hall–Kier alpha value is -2.89. The van der Waals surface area contributed by atoms with E-state index in [1.165, 1.54) is 17.0 Å². The third-order valence-corrected chi connectivity index (χ3v) is 5.21. The lowest BCUT2D eigenvalue weighted by Gasteiger charge is -2.24. The van der Waals surface area contributed by atoms with E-state index < -0.39 is 17.0 Å². The summed E-state index contributed by atoms with van der Waals surface area (Å²) in [5.41, 5.74) is 3.13. The van der Waals surface area contributed by atoms with Crippen LogP contribution in [0.4, 0.5) is 14.5 Å². The fourth-order valence-corrected chi connectivity index (χ4v) is 3.68. The zero-order valence-electron chi connectivity index (χ0n) is 17.2. The van der Waals surface area contributed by atoms with Gasteiger partial charge in [0.1, 0.15) is 11.6 Å². The Morgan fingerprint density at radius 1 is 1.24 bits per heavy atom. The minimum absolute atomic E-state index is 0.128. The van der Waals surface area contributed by atoms with Crippen molar-refractivity contribution in [2.24, 2.45) is 10.4 Å². The molecule has 1 saturated heterocycles. The molecule has 2 aromatic rings. The Bertz CT molecular complexity index is 979. The molecule has 0 spiro atoms. The second-order valence-electron chi connectivity index (χ2n) is 7.93. The molecule has 1 aliphatic heterocycles. The number of aromatic nitrogens is 1. The quantitative estimate of drug-likeness (QED) is 0.650. The van der Waals surface area contributed by atoms with Crippen molar-refractivity contribution in [1.82, 2.24) is 4.98 Å². The summed E-state index contributed by atoms with van der Waals surface area (Å²) in [7, 11) is 0. The minimum atomic E-state index is -0.688. The van der Waals surface area contributed by atoms with E-state index in [-0.39, 0.29) is 11.6 Å². The van der Waals surface area contributed by atoms with E-state index in [0.29, 0.717) is 19.4 Å². The Morgan fingerprint density at radius 3 is 2.59 bits per heavy atom. The van der Waals surface area contributed by atoms with Gasteiger partial charge >= 0.3 is 0 Å². The van der Waals surface area contributed by atoms with Crippen LogP contribution < -0.4 is 4.90 Å². The molecule has 29 heavy (non-hydrogen) atoms. The van der Waals surface area contributed by atoms with E-state index in [1.807, 2.05) is 45.9 Å². The first-order chi connectivity index (χ1) is 13.7. The fraction of sp³-hybridized carbons (Fsp3) is 0.348. The number of aryl methyl sites for hydroxylation is 1. The van der Waals surface area contributed by atoms with Crippen molar-refractivity contribution in [3.8, 4) is 0 Å². The standard InChI is InChI=1S/C23H25F2N3O/c1-15(14-26-17(3)21-7-5-6-16(2)27-21)13-23(4)8-9-28(22(23)29)20-11-18(24)10-19(25)12-20/h5-7,10-12,14H,8-9,13H2,1-4H3/b15-14-,26-17?. The maximum absolute atomic E-state index is 13.5. The fourth-order valence-electron chi connectivity index (χ4n) is 3.68. The number of carbonyl (C=O) groups excluding carboxylic acids is 1. The molecule has 0 N–H and O–H groups in total. The number of anilines is 1. The summed E-state index contributed by atoms with van der Waals surface area (Å²) in [6.45, 7) is 8.08. The van der Waals surface area contributed by atoms with Gasteiger partial charge in [-0.2, -0.15) is 0 Å². The van der Waals surface area contributed by atoms with E-state index in [9.17, 15) is 13.6 Å². The maximum atomic E-state index is 13.5. The van der Waals surface area contributed by atoms with Crippen LogP contribution in [0.15, 0.2) is 53.2 Å². The highest BCUT2D eigenvalue weighted by atomic mass is 19.1. The highest BCUT2D eigenvalue weighted by Gasteiger charge is 2.43. The van der Waals surface area contributed by atoms with Crippen LogP contribution in [0.2, 0.25) is 0 Å². The molecule has 152 valence electrons. The molecule has 0 bridgehead atoms. The summed E-state index contributed by atoms with van der Waals surface area (Å²) >= 11 is 0. The highest BCUT2D eigenvalue weighted by molar-refractivity contribution is 6.00. The van der Waals surface area contributed by atoms with Crippen molar-refractivity contribution in [1.29, 1.82) is 0 Å². The van der Waals surface area contributed by atoms with Crippen molar-refractivity contribution < 1.29 is 13.6 Å². The molecule has 1 aromatic carbocycles. The number of aliphatic imine (C=N–C) groups is 1. The van der Waals surface area contributed by atoms with Crippen LogP contribution in [0.5, 0.6) is 0 Å². The van der Waals surface area contributed by atoms with E-state index in [0.717, 1.165) is 28.7 Å². The average molecular weight is 397 g/mol. The molecule has 2 heterocycles. The summed E-state index contributed by atoms with van der Waals surface area (Å²) in [4.78, 5) is 23.4. The third-order valence-electron chi connectivity index (χ3n) is 5.21. The predicted octanol–water partition coefficient (Wildman–Crippen LogP) is 5.21. The van der Waals surface area contributed by atoms with Crippen LogP contribution in [0, 0.1) is 24.0 Å². The largest absolute Gasteiger partial charge is 0.312 e. The first-order valence-corrected chi connectivity index (χ1v) is 9.60. The van der Waals surface area contributed by atoms with E-state index >= 15 is 0 Å². The number of nitrogens with zero attached hydrogens (tertiary/aromatic N) is 3. The average Bonchev–Trinajstić information content (AvgIpc) is 2.93. The zero-order valence-corrected chi connectivity index (χ0v) is 17.2. The summed E-state index contributed by atoms with van der Waals surface area (Å²) in [6.07, 6.45) is 2.90. The van der Waals surface area contributed by atoms with Gasteiger partial charge in [-0.3, -0.25) is 14.8 Å². The second-order valence-corrected chi connectivity index (χ2v) is 7.93. The summed E-state index contributed by atoms with van der Waals surface area (Å²) in [5.74, 6) is -1.50. The molecule has 6 heteroatoms. The number of hydrogen-bond acceptors (Lipinski definition) is 3.